The number of thioether (sulfide) groups is 1. The Morgan fingerprint density at radius 3 is 2.78 bits per heavy atom. The summed E-state index contributed by atoms with van der Waals surface area (Å²) in [5, 5.41) is 0. The Balaban J connectivity index is 2.60. The molecule has 0 aliphatic carbocycles. The standard InChI is InChI=1S/C14H23NO2S/c1-4-18-9-5-8-17-14-10-12(16-3)6-7-13(14)11(2)15/h6-7,10-11H,4-5,8-9,15H2,1-3H3/t11-/m1/s1. The normalized spacial score (nSPS) is 12.2. The summed E-state index contributed by atoms with van der Waals surface area (Å²) in [6.07, 6.45) is 1.05. The highest BCUT2D eigenvalue weighted by molar-refractivity contribution is 7.99. The summed E-state index contributed by atoms with van der Waals surface area (Å²) in [5.74, 6) is 3.93. The molecule has 0 aliphatic rings. The van der Waals surface area contributed by atoms with Crippen molar-refractivity contribution in [1.29, 1.82) is 0 Å². The van der Waals surface area contributed by atoms with E-state index >= 15 is 0 Å². The smallest absolute Gasteiger partial charge is 0.127 e. The van der Waals surface area contributed by atoms with Crippen molar-refractivity contribution in [2.45, 2.75) is 26.3 Å². The largest absolute Gasteiger partial charge is 0.497 e. The summed E-state index contributed by atoms with van der Waals surface area (Å²) < 4.78 is 11.0. The zero-order valence-corrected chi connectivity index (χ0v) is 12.3. The lowest BCUT2D eigenvalue weighted by molar-refractivity contribution is 0.311. The summed E-state index contributed by atoms with van der Waals surface area (Å²) in [7, 11) is 1.66. The van der Waals surface area contributed by atoms with Crippen molar-refractivity contribution in [3.63, 3.8) is 0 Å². The highest BCUT2D eigenvalue weighted by Crippen LogP contribution is 2.28. The first kappa shape index (κ1) is 15.2. The maximum absolute atomic E-state index is 5.93. The van der Waals surface area contributed by atoms with Gasteiger partial charge in [-0.05, 0) is 30.9 Å². The van der Waals surface area contributed by atoms with E-state index in [0.29, 0.717) is 0 Å². The van der Waals surface area contributed by atoms with E-state index in [9.17, 15) is 0 Å². The highest BCUT2D eigenvalue weighted by Gasteiger charge is 2.09. The molecule has 1 aromatic carbocycles. The molecule has 0 saturated carbocycles. The van der Waals surface area contributed by atoms with Crippen LogP contribution in [0.25, 0.3) is 0 Å². The molecule has 18 heavy (non-hydrogen) atoms. The molecule has 0 bridgehead atoms. The number of hydrogen-bond acceptors (Lipinski definition) is 4. The minimum absolute atomic E-state index is 0.0316. The van der Waals surface area contributed by atoms with Crippen molar-refractivity contribution >= 4 is 11.8 Å². The molecule has 1 atom stereocenters. The highest BCUT2D eigenvalue weighted by atomic mass is 32.2. The summed E-state index contributed by atoms with van der Waals surface area (Å²) in [6.45, 7) is 4.85. The van der Waals surface area contributed by atoms with E-state index in [4.69, 9.17) is 15.2 Å². The first-order chi connectivity index (χ1) is 8.69. The predicted molar refractivity (Wildman–Crippen MR) is 78.7 cm³/mol. The Morgan fingerprint density at radius 1 is 1.39 bits per heavy atom. The quantitative estimate of drug-likeness (QED) is 0.736. The second kappa shape index (κ2) is 8.27. The third-order valence-electron chi connectivity index (χ3n) is 2.61. The lowest BCUT2D eigenvalue weighted by Crippen LogP contribution is -2.09. The monoisotopic (exact) mass is 269 g/mol. The third-order valence-corrected chi connectivity index (χ3v) is 3.59. The molecule has 1 aromatic rings. The second-order valence-corrected chi connectivity index (χ2v) is 5.49. The topological polar surface area (TPSA) is 44.5 Å². The molecule has 1 rings (SSSR count). The molecule has 2 N–H and O–H groups in total. The Labute approximate surface area is 114 Å². The molecular formula is C14H23NO2S. The van der Waals surface area contributed by atoms with Gasteiger partial charge in [-0.2, -0.15) is 11.8 Å². The molecule has 0 aromatic heterocycles. The Kier molecular flexibility index (Phi) is 6.98. The summed E-state index contributed by atoms with van der Waals surface area (Å²) >= 11 is 1.93. The van der Waals surface area contributed by atoms with Crippen molar-refractivity contribution in [3.8, 4) is 11.5 Å². The number of rotatable bonds is 8. The Morgan fingerprint density at radius 2 is 2.17 bits per heavy atom. The third kappa shape index (κ3) is 4.78. The van der Waals surface area contributed by atoms with Crippen LogP contribution in [0.1, 0.15) is 31.9 Å². The van der Waals surface area contributed by atoms with Crippen LogP contribution in [-0.2, 0) is 0 Å². The van der Waals surface area contributed by atoms with Crippen LogP contribution in [0, 0.1) is 0 Å². The first-order valence-electron chi connectivity index (χ1n) is 6.33. The predicted octanol–water partition coefficient (Wildman–Crippen LogP) is 3.24. The summed E-state index contributed by atoms with van der Waals surface area (Å²) in [4.78, 5) is 0. The molecule has 0 heterocycles. The van der Waals surface area contributed by atoms with Gasteiger partial charge in [-0.25, -0.2) is 0 Å². The lowest BCUT2D eigenvalue weighted by Gasteiger charge is -2.15. The molecule has 0 radical (unpaired) electrons. The van der Waals surface area contributed by atoms with Crippen LogP contribution in [0.5, 0.6) is 11.5 Å². The van der Waals surface area contributed by atoms with Gasteiger partial charge in [0.05, 0.1) is 13.7 Å². The van der Waals surface area contributed by atoms with Crippen LogP contribution in [0.3, 0.4) is 0 Å². The van der Waals surface area contributed by atoms with Crippen LogP contribution in [-0.4, -0.2) is 25.2 Å². The summed E-state index contributed by atoms with van der Waals surface area (Å²) in [6, 6.07) is 5.76. The zero-order valence-electron chi connectivity index (χ0n) is 11.4. The van der Waals surface area contributed by atoms with E-state index in [1.165, 1.54) is 0 Å². The maximum Gasteiger partial charge on any atom is 0.127 e. The van der Waals surface area contributed by atoms with Gasteiger partial charge >= 0.3 is 0 Å². The van der Waals surface area contributed by atoms with Gasteiger partial charge in [0, 0.05) is 17.7 Å². The van der Waals surface area contributed by atoms with E-state index in [0.717, 1.165) is 41.6 Å². The average Bonchev–Trinajstić information content (AvgIpc) is 2.38. The number of ether oxygens (including phenoxy) is 2. The molecule has 0 saturated heterocycles. The molecule has 0 fully saturated rings. The van der Waals surface area contributed by atoms with Crippen LogP contribution in [0.2, 0.25) is 0 Å². The van der Waals surface area contributed by atoms with Gasteiger partial charge in [-0.1, -0.05) is 13.0 Å². The molecule has 3 nitrogen and oxygen atoms in total. The number of methoxy groups -OCH3 is 1. The number of hydrogen-bond donors (Lipinski definition) is 1. The second-order valence-electron chi connectivity index (χ2n) is 4.09. The average molecular weight is 269 g/mol. The summed E-state index contributed by atoms with van der Waals surface area (Å²) in [5.41, 5.74) is 6.96. The van der Waals surface area contributed by atoms with Crippen molar-refractivity contribution < 1.29 is 9.47 Å². The van der Waals surface area contributed by atoms with Gasteiger partial charge in [-0.3, -0.25) is 0 Å². The van der Waals surface area contributed by atoms with E-state index < -0.39 is 0 Å². The van der Waals surface area contributed by atoms with Crippen molar-refractivity contribution in [3.05, 3.63) is 23.8 Å². The van der Waals surface area contributed by atoms with E-state index in [1.54, 1.807) is 7.11 Å². The lowest BCUT2D eigenvalue weighted by atomic mass is 10.1. The number of nitrogens with two attached hydrogens (primary N) is 1. The van der Waals surface area contributed by atoms with Crippen LogP contribution >= 0.6 is 11.8 Å². The minimum atomic E-state index is -0.0316. The zero-order chi connectivity index (χ0) is 13.4. The maximum atomic E-state index is 5.93. The van der Waals surface area contributed by atoms with Crippen molar-refractivity contribution in [1.82, 2.24) is 0 Å². The Hall–Kier alpha value is -0.870. The van der Waals surface area contributed by atoms with E-state index in [2.05, 4.69) is 6.92 Å². The fraction of sp³-hybridized carbons (Fsp3) is 0.571. The van der Waals surface area contributed by atoms with Crippen molar-refractivity contribution in [2.75, 3.05) is 25.2 Å². The molecule has 4 heteroatoms. The molecule has 0 unspecified atom stereocenters. The van der Waals surface area contributed by atoms with Crippen molar-refractivity contribution in [2.24, 2.45) is 5.73 Å². The van der Waals surface area contributed by atoms with E-state index in [-0.39, 0.29) is 6.04 Å². The fourth-order valence-electron chi connectivity index (χ4n) is 1.63. The van der Waals surface area contributed by atoms with Gasteiger partial charge in [-0.15, -0.1) is 0 Å². The Bertz CT molecular complexity index is 356. The molecular weight excluding hydrogens is 246 g/mol. The fourth-order valence-corrected chi connectivity index (χ4v) is 2.24. The van der Waals surface area contributed by atoms with Gasteiger partial charge in [0.15, 0.2) is 0 Å². The van der Waals surface area contributed by atoms with Gasteiger partial charge < -0.3 is 15.2 Å². The van der Waals surface area contributed by atoms with Crippen LogP contribution < -0.4 is 15.2 Å². The molecule has 0 aliphatic heterocycles. The van der Waals surface area contributed by atoms with Crippen LogP contribution in [0.15, 0.2) is 18.2 Å². The molecule has 0 amide bonds. The SMILES string of the molecule is CCSCCCOc1cc(OC)ccc1[C@@H](C)N. The molecule has 0 spiro atoms. The van der Waals surface area contributed by atoms with E-state index in [1.807, 2.05) is 36.9 Å². The van der Waals surface area contributed by atoms with Gasteiger partial charge in [0.1, 0.15) is 11.5 Å². The number of benzene rings is 1. The first-order valence-corrected chi connectivity index (χ1v) is 7.48. The van der Waals surface area contributed by atoms with Crippen LogP contribution in [0.4, 0.5) is 0 Å². The minimum Gasteiger partial charge on any atom is -0.497 e. The molecule has 102 valence electrons. The van der Waals surface area contributed by atoms with Gasteiger partial charge in [0.25, 0.3) is 0 Å². The van der Waals surface area contributed by atoms with Gasteiger partial charge in [0.2, 0.25) is 0 Å².